The minimum absolute atomic E-state index is 0.0289. The lowest BCUT2D eigenvalue weighted by Gasteiger charge is -2.06. The number of ether oxygens (including phenoxy) is 1. The molecule has 24 heavy (non-hydrogen) atoms. The number of carbonyl (C=O) groups is 1. The van der Waals surface area contributed by atoms with E-state index in [1.165, 1.54) is 25.3 Å². The zero-order valence-corrected chi connectivity index (χ0v) is 13.4. The van der Waals surface area contributed by atoms with Crippen molar-refractivity contribution in [2.45, 2.75) is 0 Å². The molecule has 3 N–H and O–H groups in total. The molecule has 3 aromatic rings. The molecule has 1 amide bonds. The molecule has 0 radical (unpaired) electrons. The molecule has 0 spiro atoms. The van der Waals surface area contributed by atoms with Crippen molar-refractivity contribution in [2.75, 3.05) is 7.11 Å². The Morgan fingerprint density at radius 3 is 2.75 bits per heavy atom. The van der Waals surface area contributed by atoms with Crippen LogP contribution < -0.4 is 16.0 Å². The number of methoxy groups -OCH3 is 1. The summed E-state index contributed by atoms with van der Waals surface area (Å²) in [7, 11) is 1.52. The van der Waals surface area contributed by atoms with Gasteiger partial charge in [-0.25, -0.2) is 4.99 Å². The first-order chi connectivity index (χ1) is 11.5. The van der Waals surface area contributed by atoms with Gasteiger partial charge in [-0.3, -0.25) is 4.79 Å². The van der Waals surface area contributed by atoms with Gasteiger partial charge in [0.05, 0.1) is 17.8 Å². The zero-order chi connectivity index (χ0) is 17.3. The molecule has 1 heterocycles. The van der Waals surface area contributed by atoms with Gasteiger partial charge in [-0.2, -0.15) is 0 Å². The van der Waals surface area contributed by atoms with Crippen LogP contribution in [0.5, 0.6) is 11.5 Å². The molecule has 0 bridgehead atoms. The number of primary amides is 1. The SMILES string of the molecule is COc1cccc2cc(C(N)=O)c(=Nc3ccc(O)c(Cl)c3)oc12. The fraction of sp³-hybridized carbons (Fsp3) is 0.0588. The van der Waals surface area contributed by atoms with Gasteiger partial charge in [0.2, 0.25) is 5.55 Å². The van der Waals surface area contributed by atoms with Gasteiger partial charge in [-0.05, 0) is 30.3 Å². The topological polar surface area (TPSA) is 98.1 Å². The molecule has 0 atom stereocenters. The molecule has 7 heteroatoms. The van der Waals surface area contributed by atoms with Crippen molar-refractivity contribution in [1.29, 1.82) is 0 Å². The summed E-state index contributed by atoms with van der Waals surface area (Å²) in [4.78, 5) is 16.0. The summed E-state index contributed by atoms with van der Waals surface area (Å²) in [6.45, 7) is 0. The number of rotatable bonds is 3. The first-order valence-corrected chi connectivity index (χ1v) is 7.31. The Hall–Kier alpha value is -2.99. The molecular weight excluding hydrogens is 332 g/mol. The molecule has 0 aliphatic heterocycles. The van der Waals surface area contributed by atoms with E-state index in [1.807, 2.05) is 0 Å². The summed E-state index contributed by atoms with van der Waals surface area (Å²) in [5, 5.41) is 10.3. The molecule has 0 saturated carbocycles. The van der Waals surface area contributed by atoms with E-state index in [4.69, 9.17) is 26.5 Å². The van der Waals surface area contributed by atoms with Crippen LogP contribution in [0, 0.1) is 0 Å². The first kappa shape index (κ1) is 15.9. The number of nitrogens with two attached hydrogens (primary N) is 1. The molecular formula is C17H13ClN2O4. The molecule has 0 aliphatic carbocycles. The highest BCUT2D eigenvalue weighted by atomic mass is 35.5. The maximum Gasteiger partial charge on any atom is 0.254 e. The number of nitrogens with zero attached hydrogens (tertiary/aromatic N) is 1. The Morgan fingerprint density at radius 1 is 1.29 bits per heavy atom. The molecule has 0 fully saturated rings. The highest BCUT2D eigenvalue weighted by Gasteiger charge is 2.12. The fourth-order valence-corrected chi connectivity index (χ4v) is 2.40. The fourth-order valence-electron chi connectivity index (χ4n) is 2.23. The van der Waals surface area contributed by atoms with Crippen molar-refractivity contribution in [3.05, 3.63) is 58.6 Å². The number of phenolic OH excluding ortho intramolecular Hbond substituents is 1. The smallest absolute Gasteiger partial charge is 0.254 e. The molecule has 0 unspecified atom stereocenters. The maximum absolute atomic E-state index is 11.7. The van der Waals surface area contributed by atoms with Gasteiger partial charge >= 0.3 is 0 Å². The average Bonchev–Trinajstić information content (AvgIpc) is 2.57. The van der Waals surface area contributed by atoms with Crippen LogP contribution in [0.25, 0.3) is 11.0 Å². The quantitative estimate of drug-likeness (QED) is 0.762. The van der Waals surface area contributed by atoms with E-state index >= 15 is 0 Å². The van der Waals surface area contributed by atoms with Gasteiger partial charge in [-0.1, -0.05) is 23.7 Å². The van der Waals surface area contributed by atoms with Gasteiger partial charge in [0.15, 0.2) is 11.3 Å². The molecule has 3 rings (SSSR count). The number of phenols is 1. The zero-order valence-electron chi connectivity index (χ0n) is 12.6. The van der Waals surface area contributed by atoms with E-state index in [-0.39, 0.29) is 21.9 Å². The van der Waals surface area contributed by atoms with Crippen molar-refractivity contribution in [3.8, 4) is 11.5 Å². The van der Waals surface area contributed by atoms with Crippen LogP contribution in [-0.4, -0.2) is 18.1 Å². The van der Waals surface area contributed by atoms with Gasteiger partial charge in [0.25, 0.3) is 5.91 Å². The van der Waals surface area contributed by atoms with E-state index in [2.05, 4.69) is 4.99 Å². The molecule has 0 saturated heterocycles. The number of hydrogen-bond acceptors (Lipinski definition) is 5. The maximum atomic E-state index is 11.7. The normalized spacial score (nSPS) is 11.7. The average molecular weight is 345 g/mol. The van der Waals surface area contributed by atoms with Crippen LogP contribution in [0.2, 0.25) is 5.02 Å². The predicted octanol–water partition coefficient (Wildman–Crippen LogP) is 3.13. The van der Waals surface area contributed by atoms with Crippen LogP contribution in [0.4, 0.5) is 5.69 Å². The molecule has 1 aromatic heterocycles. The highest BCUT2D eigenvalue weighted by molar-refractivity contribution is 6.32. The number of benzene rings is 2. The van der Waals surface area contributed by atoms with Crippen LogP contribution in [0.3, 0.4) is 0 Å². The summed E-state index contributed by atoms with van der Waals surface area (Å²) in [5.41, 5.74) is 6.42. The Labute approximate surface area is 141 Å². The van der Waals surface area contributed by atoms with E-state index in [1.54, 1.807) is 24.3 Å². The summed E-state index contributed by atoms with van der Waals surface area (Å²) >= 11 is 5.87. The lowest BCUT2D eigenvalue weighted by atomic mass is 10.1. The minimum Gasteiger partial charge on any atom is -0.506 e. The van der Waals surface area contributed by atoms with Crippen molar-refractivity contribution in [2.24, 2.45) is 10.7 Å². The molecule has 0 aliphatic rings. The molecule has 122 valence electrons. The third-order valence-electron chi connectivity index (χ3n) is 3.39. The predicted molar refractivity (Wildman–Crippen MR) is 89.6 cm³/mol. The number of fused-ring (bicyclic) bond motifs is 1. The Morgan fingerprint density at radius 2 is 2.08 bits per heavy atom. The largest absolute Gasteiger partial charge is 0.506 e. The number of aromatic hydroxyl groups is 1. The number of amides is 1. The van der Waals surface area contributed by atoms with Crippen molar-refractivity contribution >= 4 is 34.2 Å². The molecule has 6 nitrogen and oxygen atoms in total. The highest BCUT2D eigenvalue weighted by Crippen LogP contribution is 2.28. The Balaban J connectivity index is 2.31. The van der Waals surface area contributed by atoms with Gasteiger partial charge in [-0.15, -0.1) is 0 Å². The van der Waals surface area contributed by atoms with Gasteiger partial charge in [0, 0.05) is 5.39 Å². The van der Waals surface area contributed by atoms with E-state index < -0.39 is 5.91 Å². The lowest BCUT2D eigenvalue weighted by Crippen LogP contribution is -2.21. The van der Waals surface area contributed by atoms with Crippen molar-refractivity contribution < 1.29 is 19.1 Å². The monoisotopic (exact) mass is 344 g/mol. The summed E-state index contributed by atoms with van der Waals surface area (Å²) < 4.78 is 11.0. The minimum atomic E-state index is -0.674. The third kappa shape index (κ3) is 2.91. The number of carbonyl (C=O) groups excluding carboxylic acids is 1. The van der Waals surface area contributed by atoms with E-state index in [0.29, 0.717) is 22.4 Å². The summed E-state index contributed by atoms with van der Waals surface area (Å²) in [6.07, 6.45) is 0. The third-order valence-corrected chi connectivity index (χ3v) is 3.69. The van der Waals surface area contributed by atoms with Crippen LogP contribution >= 0.6 is 11.6 Å². The second-order valence-corrected chi connectivity index (χ2v) is 5.36. The summed E-state index contributed by atoms with van der Waals surface area (Å²) in [6, 6.07) is 11.2. The Bertz CT molecular complexity index is 1010. The second kappa shape index (κ2) is 6.25. The molecule has 2 aromatic carbocycles. The standard InChI is InChI=1S/C17H13ClN2O4/c1-23-14-4-2-3-9-7-11(16(19)22)17(24-15(9)14)20-10-5-6-13(21)12(18)8-10/h2-8,21H,1H3,(H2,19,22). The van der Waals surface area contributed by atoms with Crippen molar-refractivity contribution in [3.63, 3.8) is 0 Å². The number of para-hydroxylation sites is 1. The van der Waals surface area contributed by atoms with Crippen LogP contribution in [0.15, 0.2) is 51.9 Å². The van der Waals surface area contributed by atoms with Gasteiger partial charge < -0.3 is 20.0 Å². The van der Waals surface area contributed by atoms with Crippen molar-refractivity contribution in [1.82, 2.24) is 0 Å². The lowest BCUT2D eigenvalue weighted by molar-refractivity contribution is 0.0996. The van der Waals surface area contributed by atoms with E-state index in [9.17, 15) is 9.90 Å². The first-order valence-electron chi connectivity index (χ1n) is 6.93. The van der Waals surface area contributed by atoms with Crippen LogP contribution in [0.1, 0.15) is 10.4 Å². The summed E-state index contributed by atoms with van der Waals surface area (Å²) in [5.74, 6) is -0.237. The van der Waals surface area contributed by atoms with Gasteiger partial charge in [0.1, 0.15) is 11.3 Å². The van der Waals surface area contributed by atoms with Crippen LogP contribution in [-0.2, 0) is 0 Å². The number of hydrogen-bond donors (Lipinski definition) is 2. The van der Waals surface area contributed by atoms with E-state index in [0.717, 1.165) is 0 Å². The second-order valence-electron chi connectivity index (χ2n) is 4.96. The number of halogens is 1. The Kier molecular flexibility index (Phi) is 4.14.